The highest BCUT2D eigenvalue weighted by Crippen LogP contribution is 2.30. The smallest absolute Gasteiger partial charge is 0.122 e. The summed E-state index contributed by atoms with van der Waals surface area (Å²) in [6.45, 7) is 6.20. The Morgan fingerprint density at radius 1 is 1.28 bits per heavy atom. The van der Waals surface area contributed by atoms with Crippen molar-refractivity contribution in [2.24, 2.45) is 5.73 Å². The van der Waals surface area contributed by atoms with Crippen molar-refractivity contribution in [1.82, 2.24) is 0 Å². The molecule has 0 atom stereocenters. The molecule has 18 heavy (non-hydrogen) atoms. The van der Waals surface area contributed by atoms with Crippen molar-refractivity contribution in [2.45, 2.75) is 32.6 Å². The van der Waals surface area contributed by atoms with E-state index in [2.05, 4.69) is 44.0 Å². The molecule has 0 saturated carbocycles. The van der Waals surface area contributed by atoms with Crippen LogP contribution in [0.1, 0.15) is 38.2 Å². The molecule has 0 heterocycles. The molecule has 0 aliphatic heterocycles. The first-order chi connectivity index (χ1) is 8.60. The summed E-state index contributed by atoms with van der Waals surface area (Å²) in [4.78, 5) is 2.28. The second-order valence-corrected chi connectivity index (χ2v) is 5.00. The lowest BCUT2D eigenvalue weighted by molar-refractivity contribution is 0.407. The van der Waals surface area contributed by atoms with E-state index in [-0.39, 0.29) is 0 Å². The Morgan fingerprint density at radius 3 is 2.56 bits per heavy atom. The van der Waals surface area contributed by atoms with Gasteiger partial charge in [-0.25, -0.2) is 0 Å². The maximum absolute atomic E-state index is 5.52. The van der Waals surface area contributed by atoms with E-state index in [1.165, 1.54) is 11.3 Å². The van der Waals surface area contributed by atoms with E-state index in [0.717, 1.165) is 31.7 Å². The van der Waals surface area contributed by atoms with Crippen molar-refractivity contribution in [3.63, 3.8) is 0 Å². The van der Waals surface area contributed by atoms with Crippen molar-refractivity contribution in [2.75, 3.05) is 32.1 Å². The normalized spacial score (nSPS) is 10.8. The molecule has 1 aromatic carbocycles. The number of ether oxygens (including phenoxy) is 1. The SMILES string of the molecule is COc1ccc(N(C)CCCCN)cc1C(C)C. The minimum atomic E-state index is 0.470. The Balaban J connectivity index is 2.80. The molecule has 0 aromatic heterocycles. The molecule has 1 rings (SSSR count). The summed E-state index contributed by atoms with van der Waals surface area (Å²) in [5.41, 5.74) is 8.03. The number of anilines is 1. The number of rotatable bonds is 7. The standard InChI is InChI=1S/C15H26N2O/c1-12(2)14-11-13(7-8-15(14)18-4)17(3)10-6-5-9-16/h7-8,11-12H,5-6,9-10,16H2,1-4H3. The molecule has 0 radical (unpaired) electrons. The van der Waals surface area contributed by atoms with E-state index < -0.39 is 0 Å². The Labute approximate surface area is 111 Å². The van der Waals surface area contributed by atoms with E-state index in [4.69, 9.17) is 10.5 Å². The van der Waals surface area contributed by atoms with Crippen molar-refractivity contribution in [3.8, 4) is 5.75 Å². The number of unbranched alkanes of at least 4 members (excludes halogenated alkanes) is 1. The summed E-state index contributed by atoms with van der Waals surface area (Å²) in [5.74, 6) is 1.45. The molecule has 0 aliphatic carbocycles. The first-order valence-electron chi connectivity index (χ1n) is 6.69. The third-order valence-electron chi connectivity index (χ3n) is 3.22. The quantitative estimate of drug-likeness (QED) is 0.756. The molecule has 0 bridgehead atoms. The molecule has 1 aromatic rings. The molecule has 0 unspecified atom stereocenters. The second kappa shape index (κ2) is 7.27. The molecular weight excluding hydrogens is 224 g/mol. The van der Waals surface area contributed by atoms with Crippen LogP contribution in [-0.4, -0.2) is 27.2 Å². The van der Waals surface area contributed by atoms with Crippen LogP contribution in [0.5, 0.6) is 5.75 Å². The van der Waals surface area contributed by atoms with E-state index in [1.807, 2.05) is 0 Å². The molecular formula is C15H26N2O. The van der Waals surface area contributed by atoms with Gasteiger partial charge in [0.05, 0.1) is 7.11 Å². The van der Waals surface area contributed by atoms with E-state index >= 15 is 0 Å². The van der Waals surface area contributed by atoms with Gasteiger partial charge >= 0.3 is 0 Å². The third-order valence-corrected chi connectivity index (χ3v) is 3.22. The van der Waals surface area contributed by atoms with Gasteiger partial charge in [-0.2, -0.15) is 0 Å². The van der Waals surface area contributed by atoms with E-state index in [9.17, 15) is 0 Å². The zero-order valence-corrected chi connectivity index (χ0v) is 12.1. The van der Waals surface area contributed by atoms with Gasteiger partial charge in [-0.15, -0.1) is 0 Å². The van der Waals surface area contributed by atoms with Crippen LogP contribution in [0.25, 0.3) is 0 Å². The van der Waals surface area contributed by atoms with Crippen LogP contribution in [-0.2, 0) is 0 Å². The monoisotopic (exact) mass is 250 g/mol. The predicted molar refractivity (Wildman–Crippen MR) is 78.6 cm³/mol. The van der Waals surface area contributed by atoms with Gasteiger partial charge in [0.1, 0.15) is 5.75 Å². The van der Waals surface area contributed by atoms with Gasteiger partial charge in [0, 0.05) is 19.3 Å². The average Bonchev–Trinajstić information content (AvgIpc) is 2.38. The van der Waals surface area contributed by atoms with Gasteiger partial charge in [-0.05, 0) is 49.1 Å². The Kier molecular flexibility index (Phi) is 5.99. The summed E-state index contributed by atoms with van der Waals surface area (Å²) >= 11 is 0. The summed E-state index contributed by atoms with van der Waals surface area (Å²) in [5, 5.41) is 0. The number of methoxy groups -OCH3 is 1. The lowest BCUT2D eigenvalue weighted by atomic mass is 10.0. The molecule has 3 heteroatoms. The number of nitrogens with two attached hydrogens (primary N) is 1. The molecule has 0 spiro atoms. The molecule has 0 saturated heterocycles. The van der Waals surface area contributed by atoms with Gasteiger partial charge in [-0.1, -0.05) is 13.8 Å². The maximum atomic E-state index is 5.52. The van der Waals surface area contributed by atoms with E-state index in [0.29, 0.717) is 5.92 Å². The predicted octanol–water partition coefficient (Wildman–Crippen LogP) is 2.99. The topological polar surface area (TPSA) is 38.5 Å². The van der Waals surface area contributed by atoms with Gasteiger partial charge in [0.25, 0.3) is 0 Å². The molecule has 0 aliphatic rings. The summed E-state index contributed by atoms with van der Waals surface area (Å²) in [6.07, 6.45) is 2.22. The summed E-state index contributed by atoms with van der Waals surface area (Å²) in [7, 11) is 3.86. The van der Waals surface area contributed by atoms with Crippen LogP contribution < -0.4 is 15.4 Å². The highest BCUT2D eigenvalue weighted by atomic mass is 16.5. The lowest BCUT2D eigenvalue weighted by Gasteiger charge is -2.22. The fraction of sp³-hybridized carbons (Fsp3) is 0.600. The van der Waals surface area contributed by atoms with Crippen LogP contribution in [0, 0.1) is 0 Å². The number of hydrogen-bond acceptors (Lipinski definition) is 3. The Bertz CT molecular complexity index is 364. The molecule has 3 nitrogen and oxygen atoms in total. The first-order valence-corrected chi connectivity index (χ1v) is 6.69. The highest BCUT2D eigenvalue weighted by molar-refractivity contribution is 5.53. The van der Waals surface area contributed by atoms with Crippen molar-refractivity contribution in [3.05, 3.63) is 23.8 Å². The minimum absolute atomic E-state index is 0.470. The number of nitrogens with zero attached hydrogens (tertiary/aromatic N) is 1. The fourth-order valence-corrected chi connectivity index (χ4v) is 2.03. The minimum Gasteiger partial charge on any atom is -0.496 e. The molecule has 2 N–H and O–H groups in total. The maximum Gasteiger partial charge on any atom is 0.122 e. The lowest BCUT2D eigenvalue weighted by Crippen LogP contribution is -2.19. The van der Waals surface area contributed by atoms with Crippen LogP contribution >= 0.6 is 0 Å². The second-order valence-electron chi connectivity index (χ2n) is 5.00. The van der Waals surface area contributed by atoms with Crippen molar-refractivity contribution in [1.29, 1.82) is 0 Å². The van der Waals surface area contributed by atoms with Gasteiger partial charge in [0.2, 0.25) is 0 Å². The molecule has 102 valence electrons. The highest BCUT2D eigenvalue weighted by Gasteiger charge is 2.10. The number of hydrogen-bond donors (Lipinski definition) is 1. The van der Waals surface area contributed by atoms with Crippen LogP contribution in [0.3, 0.4) is 0 Å². The van der Waals surface area contributed by atoms with Crippen molar-refractivity contribution >= 4 is 5.69 Å². The third kappa shape index (κ3) is 3.91. The van der Waals surface area contributed by atoms with Crippen LogP contribution in [0.15, 0.2) is 18.2 Å². The fourth-order valence-electron chi connectivity index (χ4n) is 2.03. The largest absolute Gasteiger partial charge is 0.496 e. The van der Waals surface area contributed by atoms with Crippen LogP contribution in [0.4, 0.5) is 5.69 Å². The summed E-state index contributed by atoms with van der Waals surface area (Å²) < 4.78 is 5.40. The Hall–Kier alpha value is -1.22. The average molecular weight is 250 g/mol. The van der Waals surface area contributed by atoms with Gasteiger partial charge < -0.3 is 15.4 Å². The van der Waals surface area contributed by atoms with Gasteiger partial charge in [-0.3, -0.25) is 0 Å². The molecule has 0 fully saturated rings. The summed E-state index contributed by atoms with van der Waals surface area (Å²) in [6, 6.07) is 6.41. The van der Waals surface area contributed by atoms with Crippen LogP contribution in [0.2, 0.25) is 0 Å². The van der Waals surface area contributed by atoms with E-state index in [1.54, 1.807) is 7.11 Å². The molecule has 0 amide bonds. The van der Waals surface area contributed by atoms with Crippen molar-refractivity contribution < 1.29 is 4.74 Å². The zero-order chi connectivity index (χ0) is 13.5. The zero-order valence-electron chi connectivity index (χ0n) is 12.1. The number of benzene rings is 1. The van der Waals surface area contributed by atoms with Gasteiger partial charge in [0.15, 0.2) is 0 Å². The Morgan fingerprint density at radius 2 is 2.00 bits per heavy atom. The first kappa shape index (κ1) is 14.8.